The molecule has 0 bridgehead atoms. The Hall–Kier alpha value is -1.94. The maximum atomic E-state index is 11.3. The number of aromatic nitrogens is 1. The Morgan fingerprint density at radius 3 is 2.79 bits per heavy atom. The number of rotatable bonds is 4. The number of nitrogens with one attached hydrogen (secondary N) is 1. The van der Waals surface area contributed by atoms with Gasteiger partial charge in [-0.15, -0.1) is 0 Å². The van der Waals surface area contributed by atoms with Gasteiger partial charge in [-0.25, -0.2) is 0 Å². The van der Waals surface area contributed by atoms with E-state index in [4.69, 9.17) is 0 Å². The summed E-state index contributed by atoms with van der Waals surface area (Å²) in [5, 5.41) is 13.6. The lowest BCUT2D eigenvalue weighted by molar-refractivity contribution is -0.148. The standard InChI is InChI=1S/C15H16N2O2/c18-14(19)15(7-3-8-15)17-10-11-6-9-16-13-5-2-1-4-12(11)13/h1-2,4-6,9,17H,3,7-8,10H2,(H,18,19). The van der Waals surface area contributed by atoms with Crippen LogP contribution in [-0.2, 0) is 11.3 Å². The minimum Gasteiger partial charge on any atom is -0.480 e. The van der Waals surface area contributed by atoms with E-state index in [1.807, 2.05) is 30.3 Å². The summed E-state index contributed by atoms with van der Waals surface area (Å²) in [7, 11) is 0. The van der Waals surface area contributed by atoms with Crippen molar-refractivity contribution in [1.29, 1.82) is 0 Å². The van der Waals surface area contributed by atoms with Crippen LogP contribution in [0.2, 0.25) is 0 Å². The van der Waals surface area contributed by atoms with Crippen LogP contribution < -0.4 is 5.32 Å². The van der Waals surface area contributed by atoms with Crippen LogP contribution in [0.15, 0.2) is 36.5 Å². The quantitative estimate of drug-likeness (QED) is 0.881. The molecule has 0 saturated heterocycles. The molecule has 1 fully saturated rings. The number of para-hydroxylation sites is 1. The lowest BCUT2D eigenvalue weighted by Crippen LogP contribution is -2.56. The van der Waals surface area contributed by atoms with E-state index < -0.39 is 11.5 Å². The number of carboxylic acid groups (broad SMARTS) is 1. The van der Waals surface area contributed by atoms with E-state index in [-0.39, 0.29) is 0 Å². The average molecular weight is 256 g/mol. The molecule has 0 radical (unpaired) electrons. The van der Waals surface area contributed by atoms with Gasteiger partial charge in [0.1, 0.15) is 5.54 Å². The Morgan fingerprint density at radius 1 is 1.32 bits per heavy atom. The van der Waals surface area contributed by atoms with Crippen LogP contribution in [0.4, 0.5) is 0 Å². The van der Waals surface area contributed by atoms with Gasteiger partial charge in [-0.3, -0.25) is 15.1 Å². The molecule has 0 atom stereocenters. The fraction of sp³-hybridized carbons (Fsp3) is 0.333. The Morgan fingerprint density at radius 2 is 2.11 bits per heavy atom. The second-order valence-corrected chi connectivity index (χ2v) is 5.08. The van der Waals surface area contributed by atoms with E-state index in [0.29, 0.717) is 19.4 Å². The molecule has 0 aliphatic heterocycles. The highest BCUT2D eigenvalue weighted by Gasteiger charge is 2.43. The van der Waals surface area contributed by atoms with E-state index in [0.717, 1.165) is 22.9 Å². The Balaban J connectivity index is 1.84. The van der Waals surface area contributed by atoms with Crippen LogP contribution in [0, 0.1) is 0 Å². The zero-order valence-corrected chi connectivity index (χ0v) is 10.6. The second kappa shape index (κ2) is 4.63. The van der Waals surface area contributed by atoms with E-state index in [1.54, 1.807) is 6.20 Å². The summed E-state index contributed by atoms with van der Waals surface area (Å²) in [6, 6.07) is 9.87. The van der Waals surface area contributed by atoms with Crippen molar-refractivity contribution in [3.8, 4) is 0 Å². The predicted molar refractivity (Wildman–Crippen MR) is 72.8 cm³/mol. The second-order valence-electron chi connectivity index (χ2n) is 5.08. The molecule has 4 nitrogen and oxygen atoms in total. The molecular weight excluding hydrogens is 240 g/mol. The lowest BCUT2D eigenvalue weighted by Gasteiger charge is -2.38. The van der Waals surface area contributed by atoms with Crippen LogP contribution in [-0.4, -0.2) is 21.6 Å². The highest BCUT2D eigenvalue weighted by molar-refractivity contribution is 5.82. The molecule has 0 amide bonds. The number of hydrogen-bond acceptors (Lipinski definition) is 3. The van der Waals surface area contributed by atoms with E-state index in [1.165, 1.54) is 0 Å². The number of aliphatic carboxylic acids is 1. The molecule has 1 heterocycles. The summed E-state index contributed by atoms with van der Waals surface area (Å²) in [6.45, 7) is 0.565. The van der Waals surface area contributed by atoms with Crippen LogP contribution >= 0.6 is 0 Å². The van der Waals surface area contributed by atoms with Crippen LogP contribution in [0.1, 0.15) is 24.8 Å². The molecule has 19 heavy (non-hydrogen) atoms. The molecule has 1 aliphatic rings. The molecule has 1 saturated carbocycles. The number of carboxylic acids is 1. The van der Waals surface area contributed by atoms with Crippen molar-refractivity contribution in [2.75, 3.05) is 0 Å². The highest BCUT2D eigenvalue weighted by Crippen LogP contribution is 2.32. The molecule has 1 aliphatic carbocycles. The van der Waals surface area contributed by atoms with Crippen molar-refractivity contribution in [3.63, 3.8) is 0 Å². The first-order valence-electron chi connectivity index (χ1n) is 6.52. The average Bonchev–Trinajstić information content (AvgIpc) is 2.37. The summed E-state index contributed by atoms with van der Waals surface area (Å²) in [5.74, 6) is -0.739. The van der Waals surface area contributed by atoms with Crippen molar-refractivity contribution in [3.05, 3.63) is 42.1 Å². The number of nitrogens with zero attached hydrogens (tertiary/aromatic N) is 1. The van der Waals surface area contributed by atoms with Gasteiger partial charge in [-0.2, -0.15) is 0 Å². The molecular formula is C15H16N2O2. The molecule has 3 rings (SSSR count). The third-order valence-electron chi connectivity index (χ3n) is 3.97. The molecule has 2 N–H and O–H groups in total. The zero-order chi connectivity index (χ0) is 13.3. The molecule has 4 heteroatoms. The van der Waals surface area contributed by atoms with Crippen LogP contribution in [0.25, 0.3) is 10.9 Å². The molecule has 1 aromatic heterocycles. The largest absolute Gasteiger partial charge is 0.480 e. The van der Waals surface area contributed by atoms with Gasteiger partial charge in [0, 0.05) is 18.1 Å². The SMILES string of the molecule is O=C(O)C1(NCc2ccnc3ccccc23)CCC1. The summed E-state index contributed by atoms with van der Waals surface area (Å²) < 4.78 is 0. The fourth-order valence-corrected chi connectivity index (χ4v) is 2.57. The van der Waals surface area contributed by atoms with Gasteiger partial charge >= 0.3 is 5.97 Å². The van der Waals surface area contributed by atoms with E-state index in [2.05, 4.69) is 10.3 Å². The Bertz CT molecular complexity index is 615. The highest BCUT2D eigenvalue weighted by atomic mass is 16.4. The van der Waals surface area contributed by atoms with E-state index >= 15 is 0 Å². The molecule has 98 valence electrons. The third-order valence-corrected chi connectivity index (χ3v) is 3.97. The summed E-state index contributed by atoms with van der Waals surface area (Å²) in [5.41, 5.74) is 1.32. The smallest absolute Gasteiger partial charge is 0.323 e. The summed E-state index contributed by atoms with van der Waals surface area (Å²) >= 11 is 0. The molecule has 2 aromatic rings. The third kappa shape index (κ3) is 2.08. The Labute approximate surface area is 111 Å². The van der Waals surface area contributed by atoms with Crippen molar-refractivity contribution in [1.82, 2.24) is 10.3 Å². The normalized spacial score (nSPS) is 17.1. The monoisotopic (exact) mass is 256 g/mol. The van der Waals surface area contributed by atoms with Crippen molar-refractivity contribution >= 4 is 16.9 Å². The lowest BCUT2D eigenvalue weighted by atomic mass is 9.76. The van der Waals surface area contributed by atoms with Gasteiger partial charge < -0.3 is 5.11 Å². The summed E-state index contributed by atoms with van der Waals surface area (Å²) in [6.07, 6.45) is 4.18. The zero-order valence-electron chi connectivity index (χ0n) is 10.6. The van der Waals surface area contributed by atoms with Gasteiger partial charge in [0.05, 0.1) is 5.52 Å². The Kier molecular flexibility index (Phi) is 2.95. The number of carbonyl (C=O) groups is 1. The first kappa shape index (κ1) is 12.1. The van der Waals surface area contributed by atoms with Gasteiger partial charge in [-0.1, -0.05) is 18.2 Å². The maximum Gasteiger partial charge on any atom is 0.323 e. The van der Waals surface area contributed by atoms with Gasteiger partial charge in [0.15, 0.2) is 0 Å². The predicted octanol–water partition coefficient (Wildman–Crippen LogP) is 2.33. The number of fused-ring (bicyclic) bond motifs is 1. The molecule has 1 aromatic carbocycles. The number of pyridine rings is 1. The van der Waals surface area contributed by atoms with Crippen molar-refractivity contribution < 1.29 is 9.90 Å². The first-order valence-corrected chi connectivity index (χ1v) is 6.52. The number of hydrogen-bond donors (Lipinski definition) is 2. The summed E-state index contributed by atoms with van der Waals surface area (Å²) in [4.78, 5) is 15.6. The maximum absolute atomic E-state index is 11.3. The minimum atomic E-state index is -0.739. The van der Waals surface area contributed by atoms with Crippen molar-refractivity contribution in [2.24, 2.45) is 0 Å². The van der Waals surface area contributed by atoms with Gasteiger partial charge in [0.25, 0.3) is 0 Å². The first-order chi connectivity index (χ1) is 9.21. The number of benzene rings is 1. The molecule has 0 spiro atoms. The van der Waals surface area contributed by atoms with Crippen molar-refractivity contribution in [2.45, 2.75) is 31.3 Å². The van der Waals surface area contributed by atoms with Gasteiger partial charge in [0.2, 0.25) is 0 Å². The van der Waals surface area contributed by atoms with Crippen LogP contribution in [0.5, 0.6) is 0 Å². The minimum absolute atomic E-state index is 0.565. The topological polar surface area (TPSA) is 62.2 Å². The van der Waals surface area contributed by atoms with E-state index in [9.17, 15) is 9.90 Å². The van der Waals surface area contributed by atoms with Crippen LogP contribution in [0.3, 0.4) is 0 Å². The van der Waals surface area contributed by atoms with Gasteiger partial charge in [-0.05, 0) is 37.0 Å². The fourth-order valence-electron chi connectivity index (χ4n) is 2.57. The molecule has 0 unspecified atom stereocenters.